The van der Waals surface area contributed by atoms with Gasteiger partial charge >= 0.3 is 0 Å². The second kappa shape index (κ2) is 7.51. The molecule has 4 aromatic rings. The summed E-state index contributed by atoms with van der Waals surface area (Å²) in [5.41, 5.74) is 2.75. The average Bonchev–Trinajstić information content (AvgIpc) is 3.47. The van der Waals surface area contributed by atoms with Crippen molar-refractivity contribution in [3.8, 4) is 16.8 Å². The van der Waals surface area contributed by atoms with E-state index in [9.17, 15) is 18.4 Å². The Bertz CT molecular complexity index is 1450. The smallest absolute Gasteiger partial charge is 0.259 e. The Morgan fingerprint density at radius 1 is 1.09 bits per heavy atom. The quantitative estimate of drug-likeness (QED) is 0.418. The van der Waals surface area contributed by atoms with E-state index in [-0.39, 0.29) is 17.0 Å². The molecule has 0 amide bonds. The normalized spacial score (nSPS) is 13.6. The summed E-state index contributed by atoms with van der Waals surface area (Å²) in [6.07, 6.45) is 4.27. The first kappa shape index (κ1) is 20.3. The number of aromatic nitrogens is 3. The summed E-state index contributed by atoms with van der Waals surface area (Å²) in [6, 6.07) is 10.4. The minimum Gasteiger partial charge on any atom is -0.295 e. The van der Waals surface area contributed by atoms with Crippen molar-refractivity contribution in [3.63, 3.8) is 0 Å². The molecule has 1 fully saturated rings. The number of hydrogen-bond acceptors (Lipinski definition) is 3. The minimum atomic E-state index is -0.774. The Kier molecular flexibility index (Phi) is 4.77. The van der Waals surface area contributed by atoms with Gasteiger partial charge in [-0.3, -0.25) is 14.2 Å². The number of aryl methyl sites for hydroxylation is 2. The topological polar surface area (TPSA) is 56.9 Å². The Hall–Kier alpha value is -3.61. The molecule has 5 nitrogen and oxygen atoms in total. The van der Waals surface area contributed by atoms with Gasteiger partial charge in [-0.05, 0) is 61.1 Å². The maximum Gasteiger partial charge on any atom is 0.259 e. The van der Waals surface area contributed by atoms with Gasteiger partial charge in [-0.1, -0.05) is 12.1 Å². The molecule has 0 aliphatic heterocycles. The standard InChI is InChI=1S/C25H21F2N3O2/c1-14-3-6-16(23(31)9-15-4-5-15)10-19(14)20-11-17-13-28-30(24(17)29(2)25(20)32)22-8-7-18(26)12-21(22)27/h3,6-8,10-13,15H,4-5,9H2,1-2H3. The van der Waals surface area contributed by atoms with E-state index in [4.69, 9.17) is 0 Å². The summed E-state index contributed by atoms with van der Waals surface area (Å²) in [7, 11) is 1.59. The predicted molar refractivity (Wildman–Crippen MR) is 118 cm³/mol. The highest BCUT2D eigenvalue weighted by atomic mass is 19.1. The lowest BCUT2D eigenvalue weighted by atomic mass is 9.95. The number of rotatable bonds is 5. The number of nitrogens with zero attached hydrogens (tertiary/aromatic N) is 3. The molecule has 1 saturated carbocycles. The van der Waals surface area contributed by atoms with E-state index in [0.29, 0.717) is 40.1 Å². The second-order valence-electron chi connectivity index (χ2n) is 8.45. The molecule has 1 aliphatic rings. The molecule has 0 radical (unpaired) electrons. The SMILES string of the molecule is Cc1ccc(C(=O)CC2CC2)cc1-c1cc2cnn(-c3ccc(F)cc3F)c2n(C)c1=O. The molecule has 0 spiro atoms. The lowest BCUT2D eigenvalue weighted by molar-refractivity contribution is 0.0976. The third kappa shape index (κ3) is 3.43. The molecule has 7 heteroatoms. The fourth-order valence-corrected chi connectivity index (χ4v) is 4.10. The van der Waals surface area contributed by atoms with Gasteiger partial charge in [0.05, 0.1) is 6.20 Å². The highest BCUT2D eigenvalue weighted by molar-refractivity contribution is 5.98. The van der Waals surface area contributed by atoms with Crippen molar-refractivity contribution in [1.82, 2.24) is 14.3 Å². The van der Waals surface area contributed by atoms with Crippen LogP contribution in [0.2, 0.25) is 0 Å². The molecule has 5 rings (SSSR count). The summed E-state index contributed by atoms with van der Waals surface area (Å²) in [5, 5.41) is 4.87. The van der Waals surface area contributed by atoms with Crippen molar-refractivity contribution < 1.29 is 13.6 Å². The lowest BCUT2D eigenvalue weighted by Crippen LogP contribution is -2.21. The molecule has 2 aromatic carbocycles. The molecule has 162 valence electrons. The van der Waals surface area contributed by atoms with Crippen molar-refractivity contribution in [2.24, 2.45) is 13.0 Å². The minimum absolute atomic E-state index is 0.0491. The van der Waals surface area contributed by atoms with Crippen LogP contribution in [0.4, 0.5) is 8.78 Å². The van der Waals surface area contributed by atoms with Gasteiger partial charge in [-0.25, -0.2) is 13.5 Å². The maximum absolute atomic E-state index is 14.4. The van der Waals surface area contributed by atoms with Gasteiger partial charge in [0.15, 0.2) is 11.6 Å². The fourth-order valence-electron chi connectivity index (χ4n) is 4.10. The molecular formula is C25H21F2N3O2. The number of Topliss-reactive ketones (excluding diaryl/α,β-unsaturated/α-hetero) is 1. The molecular weight excluding hydrogens is 412 g/mol. The first-order chi connectivity index (χ1) is 15.3. The van der Waals surface area contributed by atoms with E-state index in [1.807, 2.05) is 19.1 Å². The summed E-state index contributed by atoms with van der Waals surface area (Å²) >= 11 is 0. The van der Waals surface area contributed by atoms with E-state index in [1.54, 1.807) is 25.4 Å². The Morgan fingerprint density at radius 3 is 2.59 bits per heavy atom. The highest BCUT2D eigenvalue weighted by Gasteiger charge is 2.25. The van der Waals surface area contributed by atoms with Crippen molar-refractivity contribution in [2.45, 2.75) is 26.2 Å². The monoisotopic (exact) mass is 433 g/mol. The number of ketones is 1. The van der Waals surface area contributed by atoms with E-state index in [2.05, 4.69) is 5.10 Å². The third-order valence-corrected chi connectivity index (χ3v) is 6.08. The highest BCUT2D eigenvalue weighted by Crippen LogP contribution is 2.34. The van der Waals surface area contributed by atoms with Crippen LogP contribution in [0, 0.1) is 24.5 Å². The van der Waals surface area contributed by atoms with Crippen molar-refractivity contribution in [2.75, 3.05) is 0 Å². The first-order valence-corrected chi connectivity index (χ1v) is 10.5. The Balaban J connectivity index is 1.65. The third-order valence-electron chi connectivity index (χ3n) is 6.08. The van der Waals surface area contributed by atoms with Gasteiger partial charge in [0.1, 0.15) is 17.2 Å². The van der Waals surface area contributed by atoms with Gasteiger partial charge in [-0.15, -0.1) is 0 Å². The van der Waals surface area contributed by atoms with E-state index >= 15 is 0 Å². The van der Waals surface area contributed by atoms with Gasteiger partial charge in [0.2, 0.25) is 0 Å². The summed E-state index contributed by atoms with van der Waals surface area (Å²) in [4.78, 5) is 25.9. The predicted octanol–water partition coefficient (Wildman–Crippen LogP) is 4.96. The zero-order chi connectivity index (χ0) is 22.6. The number of hydrogen-bond donors (Lipinski definition) is 0. The van der Waals surface area contributed by atoms with Crippen LogP contribution in [0.3, 0.4) is 0 Å². The number of benzene rings is 2. The van der Waals surface area contributed by atoms with Crippen LogP contribution < -0.4 is 5.56 Å². The van der Waals surface area contributed by atoms with Gasteiger partial charge in [0.25, 0.3) is 5.56 Å². The van der Waals surface area contributed by atoms with Crippen molar-refractivity contribution >= 4 is 16.8 Å². The number of pyridine rings is 1. The van der Waals surface area contributed by atoms with E-state index in [0.717, 1.165) is 30.5 Å². The molecule has 0 atom stereocenters. The molecule has 0 bridgehead atoms. The first-order valence-electron chi connectivity index (χ1n) is 10.5. The maximum atomic E-state index is 14.4. The average molecular weight is 433 g/mol. The fraction of sp³-hybridized carbons (Fsp3) is 0.240. The number of fused-ring (bicyclic) bond motifs is 1. The molecule has 0 N–H and O–H groups in total. The van der Waals surface area contributed by atoms with Crippen LogP contribution in [-0.4, -0.2) is 20.1 Å². The summed E-state index contributed by atoms with van der Waals surface area (Å²) < 4.78 is 30.4. The van der Waals surface area contributed by atoms with Gasteiger partial charge in [-0.2, -0.15) is 5.10 Å². The van der Waals surface area contributed by atoms with Gasteiger partial charge < -0.3 is 0 Å². The van der Waals surface area contributed by atoms with Crippen LogP contribution >= 0.6 is 0 Å². The number of halogens is 2. The van der Waals surface area contributed by atoms with Gasteiger partial charge in [0, 0.05) is 36.0 Å². The lowest BCUT2D eigenvalue weighted by Gasteiger charge is -2.12. The second-order valence-corrected chi connectivity index (χ2v) is 8.45. The number of carbonyl (C=O) groups excluding carboxylic acids is 1. The molecule has 32 heavy (non-hydrogen) atoms. The molecule has 0 saturated heterocycles. The molecule has 2 aromatic heterocycles. The summed E-state index contributed by atoms with van der Waals surface area (Å²) in [6.45, 7) is 1.89. The molecule has 2 heterocycles. The zero-order valence-electron chi connectivity index (χ0n) is 17.7. The van der Waals surface area contributed by atoms with Crippen LogP contribution in [0.25, 0.3) is 27.8 Å². The van der Waals surface area contributed by atoms with Crippen LogP contribution in [-0.2, 0) is 7.05 Å². The van der Waals surface area contributed by atoms with E-state index in [1.165, 1.54) is 15.3 Å². The molecule has 0 unspecified atom stereocenters. The summed E-state index contributed by atoms with van der Waals surface area (Å²) in [5.74, 6) is -0.893. The largest absolute Gasteiger partial charge is 0.295 e. The Labute approximate surface area is 182 Å². The van der Waals surface area contributed by atoms with Crippen molar-refractivity contribution in [1.29, 1.82) is 0 Å². The van der Waals surface area contributed by atoms with Crippen LogP contribution in [0.15, 0.2) is 53.5 Å². The van der Waals surface area contributed by atoms with Crippen LogP contribution in [0.5, 0.6) is 0 Å². The number of carbonyl (C=O) groups is 1. The Morgan fingerprint density at radius 2 is 1.88 bits per heavy atom. The van der Waals surface area contributed by atoms with Crippen molar-refractivity contribution in [3.05, 3.63) is 81.8 Å². The van der Waals surface area contributed by atoms with Crippen LogP contribution in [0.1, 0.15) is 35.2 Å². The van der Waals surface area contributed by atoms with E-state index < -0.39 is 11.6 Å². The molecule has 1 aliphatic carbocycles. The zero-order valence-corrected chi connectivity index (χ0v) is 17.7.